The van der Waals surface area contributed by atoms with E-state index >= 15 is 0 Å². The fourth-order valence-electron chi connectivity index (χ4n) is 3.02. The van der Waals surface area contributed by atoms with Gasteiger partial charge in [0.05, 0.1) is 6.07 Å². The summed E-state index contributed by atoms with van der Waals surface area (Å²) in [5, 5.41) is 13.7. The molecule has 1 saturated heterocycles. The lowest BCUT2D eigenvalue weighted by atomic mass is 10.1. The van der Waals surface area contributed by atoms with Crippen LogP contribution in [0.25, 0.3) is 0 Å². The summed E-state index contributed by atoms with van der Waals surface area (Å²) in [6.07, 6.45) is 4.92. The number of hydrogen-bond acceptors (Lipinski definition) is 4. The van der Waals surface area contributed by atoms with Gasteiger partial charge in [-0.3, -0.25) is 0 Å². The van der Waals surface area contributed by atoms with E-state index < -0.39 is 0 Å². The lowest BCUT2D eigenvalue weighted by molar-refractivity contribution is 0.694. The van der Waals surface area contributed by atoms with Crippen molar-refractivity contribution in [2.24, 2.45) is 7.05 Å². The minimum absolute atomic E-state index is 0.0555. The molecule has 0 bridgehead atoms. The molecule has 1 aliphatic rings. The molecule has 5 heteroatoms. The molecule has 1 aromatic carbocycles. The van der Waals surface area contributed by atoms with Crippen LogP contribution in [0.15, 0.2) is 30.3 Å². The molecule has 0 spiro atoms. The van der Waals surface area contributed by atoms with E-state index in [-0.39, 0.29) is 6.04 Å². The molecule has 0 aliphatic carbocycles. The summed E-state index contributed by atoms with van der Waals surface area (Å²) < 4.78 is 1.81. The van der Waals surface area contributed by atoms with Gasteiger partial charge in [0.2, 0.25) is 5.95 Å². The summed E-state index contributed by atoms with van der Waals surface area (Å²) in [5.74, 6) is 1.70. The van der Waals surface area contributed by atoms with Gasteiger partial charge < -0.3 is 4.90 Å². The summed E-state index contributed by atoms with van der Waals surface area (Å²) in [6, 6.07) is 12.8. The molecule has 114 valence electrons. The Hall–Kier alpha value is -2.35. The standard InChI is InChI=1S/C17H21N5/c1-21-17(22-12-6-10-15(22)13-18)19-16(20-21)11-5-9-14-7-3-2-4-8-14/h2-4,7-8,15H,5-6,9-12H2,1H3/t15-/m0/s1. The number of benzene rings is 1. The Morgan fingerprint density at radius 2 is 2.09 bits per heavy atom. The van der Waals surface area contributed by atoms with Crippen molar-refractivity contribution in [1.29, 1.82) is 5.26 Å². The lowest BCUT2D eigenvalue weighted by Crippen LogP contribution is -2.30. The molecule has 2 heterocycles. The number of nitriles is 1. The van der Waals surface area contributed by atoms with E-state index in [2.05, 4.69) is 45.3 Å². The number of hydrogen-bond donors (Lipinski definition) is 0. The van der Waals surface area contributed by atoms with Gasteiger partial charge in [0.25, 0.3) is 0 Å². The predicted molar refractivity (Wildman–Crippen MR) is 85.5 cm³/mol. The van der Waals surface area contributed by atoms with Crippen LogP contribution in [-0.2, 0) is 19.9 Å². The second-order valence-electron chi connectivity index (χ2n) is 5.77. The Bertz CT molecular complexity index is 655. The maximum Gasteiger partial charge on any atom is 0.224 e. The van der Waals surface area contributed by atoms with Crippen molar-refractivity contribution in [2.45, 2.75) is 38.1 Å². The predicted octanol–water partition coefficient (Wildman–Crippen LogP) is 2.48. The van der Waals surface area contributed by atoms with Crippen LogP contribution in [-0.4, -0.2) is 27.4 Å². The van der Waals surface area contributed by atoms with Gasteiger partial charge in [-0.25, -0.2) is 4.68 Å². The largest absolute Gasteiger partial charge is 0.325 e. The Morgan fingerprint density at radius 3 is 2.86 bits per heavy atom. The highest BCUT2D eigenvalue weighted by atomic mass is 15.4. The minimum Gasteiger partial charge on any atom is -0.325 e. The van der Waals surface area contributed by atoms with Crippen LogP contribution in [0.4, 0.5) is 5.95 Å². The summed E-state index contributed by atoms with van der Waals surface area (Å²) in [6.45, 7) is 0.897. The summed E-state index contributed by atoms with van der Waals surface area (Å²) in [4.78, 5) is 6.72. The first-order valence-electron chi connectivity index (χ1n) is 7.88. The van der Waals surface area contributed by atoms with Crippen LogP contribution < -0.4 is 4.90 Å². The van der Waals surface area contributed by atoms with Gasteiger partial charge in [0.15, 0.2) is 5.82 Å². The van der Waals surface area contributed by atoms with Crippen LogP contribution >= 0.6 is 0 Å². The van der Waals surface area contributed by atoms with Crippen molar-refractivity contribution in [3.63, 3.8) is 0 Å². The van der Waals surface area contributed by atoms with E-state index in [0.717, 1.165) is 50.4 Å². The number of anilines is 1. The molecule has 1 aromatic heterocycles. The molecule has 2 aromatic rings. The summed E-state index contributed by atoms with van der Waals surface area (Å²) in [5.41, 5.74) is 1.35. The van der Waals surface area contributed by atoms with Gasteiger partial charge in [-0.05, 0) is 31.2 Å². The average molecular weight is 295 g/mol. The maximum atomic E-state index is 9.21. The molecule has 22 heavy (non-hydrogen) atoms. The first-order chi connectivity index (χ1) is 10.8. The third-order valence-corrected chi connectivity index (χ3v) is 4.15. The molecular weight excluding hydrogens is 274 g/mol. The van der Waals surface area contributed by atoms with Crippen molar-refractivity contribution < 1.29 is 0 Å². The highest BCUT2D eigenvalue weighted by Crippen LogP contribution is 2.23. The second-order valence-corrected chi connectivity index (χ2v) is 5.77. The van der Waals surface area contributed by atoms with Crippen molar-refractivity contribution >= 4 is 5.95 Å². The van der Waals surface area contributed by atoms with E-state index in [1.807, 2.05) is 17.8 Å². The average Bonchev–Trinajstić information content (AvgIpc) is 3.14. The first-order valence-corrected chi connectivity index (χ1v) is 7.88. The smallest absolute Gasteiger partial charge is 0.224 e. The van der Waals surface area contributed by atoms with Gasteiger partial charge in [-0.1, -0.05) is 30.3 Å². The summed E-state index contributed by atoms with van der Waals surface area (Å²) >= 11 is 0. The first kappa shape index (κ1) is 14.6. The molecule has 0 N–H and O–H groups in total. The Balaban J connectivity index is 1.62. The van der Waals surface area contributed by atoms with Crippen molar-refractivity contribution in [3.05, 3.63) is 41.7 Å². The molecular formula is C17H21N5. The Labute approximate surface area is 131 Å². The number of aromatic nitrogens is 3. The number of rotatable bonds is 5. The number of nitrogens with zero attached hydrogens (tertiary/aromatic N) is 5. The van der Waals surface area contributed by atoms with E-state index in [0.29, 0.717) is 0 Å². The van der Waals surface area contributed by atoms with Crippen LogP contribution in [0.3, 0.4) is 0 Å². The highest BCUT2D eigenvalue weighted by molar-refractivity contribution is 5.37. The Kier molecular flexibility index (Phi) is 4.38. The lowest BCUT2D eigenvalue weighted by Gasteiger charge is -2.19. The van der Waals surface area contributed by atoms with E-state index in [1.54, 1.807) is 0 Å². The fourth-order valence-corrected chi connectivity index (χ4v) is 3.02. The van der Waals surface area contributed by atoms with Gasteiger partial charge in [-0.15, -0.1) is 0 Å². The zero-order valence-electron chi connectivity index (χ0n) is 12.9. The highest BCUT2D eigenvalue weighted by Gasteiger charge is 2.28. The molecule has 1 aliphatic heterocycles. The maximum absolute atomic E-state index is 9.21. The minimum atomic E-state index is -0.0555. The molecule has 1 fully saturated rings. The third-order valence-electron chi connectivity index (χ3n) is 4.15. The molecule has 0 radical (unpaired) electrons. The molecule has 0 unspecified atom stereocenters. The monoisotopic (exact) mass is 295 g/mol. The zero-order valence-corrected chi connectivity index (χ0v) is 12.9. The van der Waals surface area contributed by atoms with E-state index in [9.17, 15) is 5.26 Å². The van der Waals surface area contributed by atoms with Crippen LogP contribution in [0.1, 0.15) is 30.7 Å². The van der Waals surface area contributed by atoms with Crippen LogP contribution in [0.5, 0.6) is 0 Å². The van der Waals surface area contributed by atoms with Crippen molar-refractivity contribution in [2.75, 3.05) is 11.4 Å². The van der Waals surface area contributed by atoms with Crippen LogP contribution in [0.2, 0.25) is 0 Å². The summed E-state index contributed by atoms with van der Waals surface area (Å²) in [7, 11) is 1.91. The Morgan fingerprint density at radius 1 is 1.27 bits per heavy atom. The van der Waals surface area contributed by atoms with E-state index in [4.69, 9.17) is 0 Å². The molecule has 5 nitrogen and oxygen atoms in total. The van der Waals surface area contributed by atoms with E-state index in [1.165, 1.54) is 5.56 Å². The molecule has 0 saturated carbocycles. The van der Waals surface area contributed by atoms with Gasteiger partial charge in [0, 0.05) is 20.0 Å². The quantitative estimate of drug-likeness (QED) is 0.850. The normalized spacial score (nSPS) is 17.6. The van der Waals surface area contributed by atoms with Gasteiger partial charge in [-0.2, -0.15) is 15.3 Å². The third kappa shape index (κ3) is 3.11. The molecule has 3 rings (SSSR count). The topological polar surface area (TPSA) is 57.7 Å². The SMILES string of the molecule is Cn1nc(CCCc2ccccc2)nc1N1CCC[C@H]1C#N. The van der Waals surface area contributed by atoms with Crippen molar-refractivity contribution in [3.8, 4) is 6.07 Å². The van der Waals surface area contributed by atoms with Crippen molar-refractivity contribution in [1.82, 2.24) is 14.8 Å². The molecule has 1 atom stereocenters. The molecule has 0 amide bonds. The van der Waals surface area contributed by atoms with Gasteiger partial charge in [0.1, 0.15) is 6.04 Å². The zero-order chi connectivity index (χ0) is 15.4. The second kappa shape index (κ2) is 6.61. The van der Waals surface area contributed by atoms with Crippen LogP contribution in [0, 0.1) is 11.3 Å². The van der Waals surface area contributed by atoms with Gasteiger partial charge >= 0.3 is 0 Å². The number of aryl methyl sites for hydroxylation is 3. The fraction of sp³-hybridized carbons (Fsp3) is 0.471.